The van der Waals surface area contributed by atoms with Crippen LogP contribution in [0.4, 0.5) is 5.69 Å². The molecule has 0 bridgehead atoms. The Bertz CT molecular complexity index is 747. The second kappa shape index (κ2) is 6.17. The number of hydrogen-bond acceptors (Lipinski definition) is 6. The van der Waals surface area contributed by atoms with Crippen LogP contribution in [0.5, 0.6) is 0 Å². The molecule has 0 radical (unpaired) electrons. The monoisotopic (exact) mass is 347 g/mol. The Hall–Kier alpha value is -1.12. The number of piperidine rings is 1. The lowest BCUT2D eigenvalue weighted by Crippen LogP contribution is -2.35. The van der Waals surface area contributed by atoms with Gasteiger partial charge in [0.05, 0.1) is 15.5 Å². The number of aliphatic hydroxyl groups is 1. The van der Waals surface area contributed by atoms with Gasteiger partial charge in [-0.1, -0.05) is 0 Å². The van der Waals surface area contributed by atoms with Crippen LogP contribution < -0.4 is 4.90 Å². The Morgan fingerprint density at radius 1 is 1.09 bits per heavy atom. The van der Waals surface area contributed by atoms with Gasteiger partial charge in [0.2, 0.25) is 0 Å². The summed E-state index contributed by atoms with van der Waals surface area (Å²) in [5.41, 5.74) is 0.534. The van der Waals surface area contributed by atoms with E-state index >= 15 is 0 Å². The molecule has 1 aliphatic heterocycles. The van der Waals surface area contributed by atoms with Gasteiger partial charge in [-0.05, 0) is 37.0 Å². The van der Waals surface area contributed by atoms with Gasteiger partial charge in [-0.2, -0.15) is 0 Å². The van der Waals surface area contributed by atoms with Crippen LogP contribution in [0.25, 0.3) is 0 Å². The number of sulfone groups is 2. The average Bonchev–Trinajstić information content (AvgIpc) is 2.45. The Labute approximate surface area is 131 Å². The van der Waals surface area contributed by atoms with Crippen LogP contribution in [-0.2, 0) is 19.7 Å². The number of anilines is 1. The van der Waals surface area contributed by atoms with E-state index in [1.165, 1.54) is 12.1 Å². The highest BCUT2D eigenvalue weighted by molar-refractivity contribution is 7.91. The maximum absolute atomic E-state index is 12.0. The predicted molar refractivity (Wildman–Crippen MR) is 84.7 cm³/mol. The number of rotatable bonds is 4. The fourth-order valence-electron chi connectivity index (χ4n) is 2.64. The maximum atomic E-state index is 12.0. The van der Waals surface area contributed by atoms with Crippen molar-refractivity contribution >= 4 is 25.4 Å². The lowest BCUT2D eigenvalue weighted by Gasteiger charge is -2.34. The van der Waals surface area contributed by atoms with Crippen molar-refractivity contribution in [2.75, 3.05) is 37.1 Å². The van der Waals surface area contributed by atoms with Gasteiger partial charge in [0, 0.05) is 32.2 Å². The first kappa shape index (κ1) is 17.2. The van der Waals surface area contributed by atoms with E-state index in [0.29, 0.717) is 18.8 Å². The van der Waals surface area contributed by atoms with E-state index < -0.39 is 19.7 Å². The quantitative estimate of drug-likeness (QED) is 0.862. The normalized spacial score (nSPS) is 17.7. The smallest absolute Gasteiger partial charge is 0.177 e. The molecule has 8 heteroatoms. The van der Waals surface area contributed by atoms with Crippen LogP contribution in [-0.4, -0.2) is 54.2 Å². The van der Waals surface area contributed by atoms with Crippen LogP contribution in [0, 0.1) is 5.92 Å². The van der Waals surface area contributed by atoms with Crippen molar-refractivity contribution in [1.29, 1.82) is 0 Å². The molecular formula is C14H21NO5S2. The van der Waals surface area contributed by atoms with Gasteiger partial charge >= 0.3 is 0 Å². The van der Waals surface area contributed by atoms with Gasteiger partial charge in [0.25, 0.3) is 0 Å². The molecule has 0 amide bonds. The van der Waals surface area contributed by atoms with E-state index in [9.17, 15) is 21.9 Å². The Morgan fingerprint density at radius 2 is 1.68 bits per heavy atom. The Morgan fingerprint density at radius 3 is 2.14 bits per heavy atom. The molecule has 124 valence electrons. The first-order chi connectivity index (χ1) is 10.1. The van der Waals surface area contributed by atoms with Crippen molar-refractivity contribution < 1.29 is 21.9 Å². The van der Waals surface area contributed by atoms with Crippen LogP contribution in [0.1, 0.15) is 12.8 Å². The maximum Gasteiger partial charge on any atom is 0.177 e. The average molecular weight is 347 g/mol. The molecule has 0 aliphatic carbocycles. The van der Waals surface area contributed by atoms with Crippen molar-refractivity contribution in [3.8, 4) is 0 Å². The Kier molecular flexibility index (Phi) is 4.84. The van der Waals surface area contributed by atoms with Crippen molar-refractivity contribution in [2.45, 2.75) is 22.6 Å². The molecule has 6 nitrogen and oxygen atoms in total. The molecule has 0 spiro atoms. The standard InChI is InChI=1S/C14H21NO5S2/c1-21(17,18)12-3-4-13(14(9-12)22(2,19)20)15-7-5-11(10-16)6-8-15/h3-4,9,11,16H,5-8,10H2,1-2H3. The van der Waals surface area contributed by atoms with E-state index in [0.717, 1.165) is 25.4 Å². The molecule has 1 N–H and O–H groups in total. The van der Waals surface area contributed by atoms with Crippen LogP contribution in [0.15, 0.2) is 28.0 Å². The topological polar surface area (TPSA) is 91.8 Å². The van der Waals surface area contributed by atoms with Crippen LogP contribution in [0.3, 0.4) is 0 Å². The van der Waals surface area contributed by atoms with Crippen molar-refractivity contribution in [3.05, 3.63) is 18.2 Å². The van der Waals surface area contributed by atoms with Crippen LogP contribution in [0.2, 0.25) is 0 Å². The first-order valence-electron chi connectivity index (χ1n) is 7.03. The number of benzene rings is 1. The highest BCUT2D eigenvalue weighted by atomic mass is 32.2. The van der Waals surface area contributed by atoms with Gasteiger partial charge in [0.15, 0.2) is 19.7 Å². The highest BCUT2D eigenvalue weighted by Crippen LogP contribution is 2.31. The number of aliphatic hydroxyl groups excluding tert-OH is 1. The van der Waals surface area contributed by atoms with E-state index in [4.69, 9.17) is 0 Å². The summed E-state index contributed by atoms with van der Waals surface area (Å²) in [7, 11) is -7.00. The molecule has 2 rings (SSSR count). The molecule has 1 heterocycles. The molecule has 0 unspecified atom stereocenters. The third-order valence-corrected chi connectivity index (χ3v) is 6.21. The van der Waals surface area contributed by atoms with Crippen molar-refractivity contribution in [2.24, 2.45) is 5.92 Å². The second-order valence-corrected chi connectivity index (χ2v) is 9.79. The minimum absolute atomic E-state index is 0.00178. The fourth-order valence-corrected chi connectivity index (χ4v) is 4.28. The molecule has 0 aromatic heterocycles. The third kappa shape index (κ3) is 3.80. The zero-order valence-corrected chi connectivity index (χ0v) is 14.3. The highest BCUT2D eigenvalue weighted by Gasteiger charge is 2.25. The summed E-state index contributed by atoms with van der Waals surface area (Å²) in [6, 6.07) is 4.24. The molecule has 1 fully saturated rings. The zero-order valence-electron chi connectivity index (χ0n) is 12.7. The molecule has 1 saturated heterocycles. The summed E-state index contributed by atoms with van der Waals surface area (Å²) in [5.74, 6) is 0.244. The molecular weight excluding hydrogens is 326 g/mol. The van der Waals surface area contributed by atoms with Gasteiger partial charge in [0.1, 0.15) is 0 Å². The minimum atomic E-state index is -3.54. The SMILES string of the molecule is CS(=O)(=O)c1ccc(N2CCC(CO)CC2)c(S(C)(=O)=O)c1. The van der Waals surface area contributed by atoms with Crippen LogP contribution >= 0.6 is 0 Å². The molecule has 1 aliphatic rings. The van der Waals surface area contributed by atoms with E-state index in [-0.39, 0.29) is 22.3 Å². The fraction of sp³-hybridized carbons (Fsp3) is 0.571. The lowest BCUT2D eigenvalue weighted by molar-refractivity contribution is 0.203. The second-order valence-electron chi connectivity index (χ2n) is 5.79. The Balaban J connectivity index is 2.44. The van der Waals surface area contributed by atoms with Crippen molar-refractivity contribution in [3.63, 3.8) is 0 Å². The van der Waals surface area contributed by atoms with Gasteiger partial charge < -0.3 is 10.0 Å². The number of nitrogens with zero attached hydrogens (tertiary/aromatic N) is 1. The molecule has 1 aromatic rings. The van der Waals surface area contributed by atoms with Gasteiger partial charge in [-0.3, -0.25) is 0 Å². The molecule has 0 saturated carbocycles. The predicted octanol–water partition coefficient (Wildman–Crippen LogP) is 0.702. The third-order valence-electron chi connectivity index (χ3n) is 3.97. The van der Waals surface area contributed by atoms with E-state index in [1.54, 1.807) is 6.07 Å². The number of hydrogen-bond donors (Lipinski definition) is 1. The first-order valence-corrected chi connectivity index (χ1v) is 10.8. The summed E-state index contributed by atoms with van der Waals surface area (Å²) in [6.07, 6.45) is 3.71. The summed E-state index contributed by atoms with van der Waals surface area (Å²) in [6.45, 7) is 1.43. The van der Waals surface area contributed by atoms with E-state index in [1.807, 2.05) is 4.90 Å². The van der Waals surface area contributed by atoms with Gasteiger partial charge in [-0.15, -0.1) is 0 Å². The molecule has 22 heavy (non-hydrogen) atoms. The minimum Gasteiger partial charge on any atom is -0.396 e. The largest absolute Gasteiger partial charge is 0.396 e. The summed E-state index contributed by atoms with van der Waals surface area (Å²) in [5, 5.41) is 9.18. The molecule has 1 aromatic carbocycles. The lowest BCUT2D eigenvalue weighted by atomic mass is 9.97. The van der Waals surface area contributed by atoms with Gasteiger partial charge in [-0.25, -0.2) is 16.8 Å². The molecule has 0 atom stereocenters. The summed E-state index contributed by atoms with van der Waals surface area (Å²) in [4.78, 5) is 1.98. The summed E-state index contributed by atoms with van der Waals surface area (Å²) >= 11 is 0. The zero-order chi connectivity index (χ0) is 16.5. The van der Waals surface area contributed by atoms with Crippen molar-refractivity contribution in [1.82, 2.24) is 0 Å². The van der Waals surface area contributed by atoms with E-state index in [2.05, 4.69) is 0 Å². The summed E-state index contributed by atoms with van der Waals surface area (Å²) < 4.78 is 47.4.